The number of aromatic nitrogens is 2. The molecule has 1 aromatic carbocycles. The lowest BCUT2D eigenvalue weighted by Gasteiger charge is -2.08. The van der Waals surface area contributed by atoms with Crippen LogP contribution in [-0.4, -0.2) is 25.8 Å². The minimum atomic E-state index is -1.51. The van der Waals surface area contributed by atoms with Gasteiger partial charge in [-0.25, -0.2) is 9.18 Å². The summed E-state index contributed by atoms with van der Waals surface area (Å²) >= 11 is 0. The molecule has 0 aliphatic carbocycles. The van der Waals surface area contributed by atoms with Crippen LogP contribution in [0.1, 0.15) is 16.1 Å². The number of anilines is 2. The van der Waals surface area contributed by atoms with Gasteiger partial charge in [0.05, 0.1) is 28.1 Å². The number of carboxylic acids is 1. The lowest BCUT2D eigenvalue weighted by Crippen LogP contribution is -2.05. The molecule has 0 bridgehead atoms. The third-order valence-electron chi connectivity index (χ3n) is 2.80. The van der Waals surface area contributed by atoms with Crippen LogP contribution in [0.5, 0.6) is 0 Å². The highest BCUT2D eigenvalue weighted by Crippen LogP contribution is 2.29. The number of carbonyl (C=O) groups is 1. The Kier molecular flexibility index (Phi) is 3.57. The van der Waals surface area contributed by atoms with Gasteiger partial charge in [-0.15, -0.1) is 0 Å². The minimum absolute atomic E-state index is 0.172. The van der Waals surface area contributed by atoms with E-state index in [9.17, 15) is 19.3 Å². The van der Waals surface area contributed by atoms with Crippen LogP contribution in [0, 0.1) is 22.9 Å². The van der Waals surface area contributed by atoms with Crippen LogP contribution in [0.3, 0.4) is 0 Å². The van der Waals surface area contributed by atoms with Gasteiger partial charge in [0.2, 0.25) is 0 Å². The summed E-state index contributed by atoms with van der Waals surface area (Å²) in [5, 5.41) is 26.5. The van der Waals surface area contributed by atoms with Crippen molar-refractivity contribution in [2.75, 3.05) is 5.32 Å². The quantitative estimate of drug-likeness (QED) is 0.660. The van der Waals surface area contributed by atoms with Crippen LogP contribution in [0.15, 0.2) is 18.3 Å². The second-order valence-corrected chi connectivity index (χ2v) is 4.34. The minimum Gasteiger partial charge on any atom is -0.477 e. The van der Waals surface area contributed by atoms with Crippen molar-refractivity contribution in [3.05, 3.63) is 45.5 Å². The van der Waals surface area contributed by atoms with Crippen molar-refractivity contribution in [3.8, 4) is 0 Å². The third-order valence-corrected chi connectivity index (χ3v) is 2.80. The van der Waals surface area contributed by atoms with Gasteiger partial charge in [-0.05, 0) is 13.0 Å². The molecule has 2 rings (SSSR count). The number of rotatable bonds is 4. The van der Waals surface area contributed by atoms with Crippen LogP contribution in [0.4, 0.5) is 21.5 Å². The largest absolute Gasteiger partial charge is 0.477 e. The summed E-state index contributed by atoms with van der Waals surface area (Å²) in [4.78, 5) is 20.9. The van der Waals surface area contributed by atoms with Crippen LogP contribution < -0.4 is 5.32 Å². The highest BCUT2D eigenvalue weighted by Gasteiger charge is 2.23. The predicted molar refractivity (Wildman–Crippen MR) is 71.2 cm³/mol. The Morgan fingerprint density at radius 1 is 1.48 bits per heavy atom. The molecule has 1 heterocycles. The van der Waals surface area contributed by atoms with Crippen molar-refractivity contribution in [1.29, 1.82) is 0 Å². The summed E-state index contributed by atoms with van der Waals surface area (Å²) in [5.41, 5.74) is -0.512. The SMILES string of the molecule is Cc1nn(C)cc1Nc1cc(C(=O)O)c([N+](=O)[O-])cc1F. The first-order valence-corrected chi connectivity index (χ1v) is 5.78. The van der Waals surface area contributed by atoms with Gasteiger partial charge in [-0.2, -0.15) is 5.10 Å². The molecular weight excluding hydrogens is 283 g/mol. The van der Waals surface area contributed by atoms with Crippen molar-refractivity contribution < 1.29 is 19.2 Å². The topological polar surface area (TPSA) is 110 Å². The van der Waals surface area contributed by atoms with Crippen LogP contribution in [-0.2, 0) is 7.05 Å². The van der Waals surface area contributed by atoms with Gasteiger partial charge in [0.15, 0.2) is 5.82 Å². The second kappa shape index (κ2) is 5.19. The van der Waals surface area contributed by atoms with Gasteiger partial charge >= 0.3 is 5.97 Å². The molecule has 8 nitrogen and oxygen atoms in total. The van der Waals surface area contributed by atoms with Gasteiger partial charge in [-0.1, -0.05) is 0 Å². The maximum Gasteiger partial charge on any atom is 0.342 e. The number of carboxylic acid groups (broad SMARTS) is 1. The molecule has 9 heteroatoms. The van der Waals surface area contributed by atoms with Crippen molar-refractivity contribution >= 4 is 23.0 Å². The van der Waals surface area contributed by atoms with Crippen LogP contribution >= 0.6 is 0 Å². The number of nitro groups is 1. The number of hydrogen-bond donors (Lipinski definition) is 2. The van der Waals surface area contributed by atoms with E-state index in [1.165, 1.54) is 4.68 Å². The number of benzene rings is 1. The molecule has 21 heavy (non-hydrogen) atoms. The van der Waals surface area contributed by atoms with E-state index in [2.05, 4.69) is 10.4 Å². The number of halogens is 1. The first kappa shape index (κ1) is 14.4. The summed E-state index contributed by atoms with van der Waals surface area (Å²) in [6.45, 7) is 1.68. The third kappa shape index (κ3) is 2.81. The fourth-order valence-electron chi connectivity index (χ4n) is 1.85. The average Bonchev–Trinajstić information content (AvgIpc) is 2.69. The van der Waals surface area contributed by atoms with E-state index in [0.717, 1.165) is 6.07 Å². The molecular formula is C12H11FN4O4. The van der Waals surface area contributed by atoms with Crippen LogP contribution in [0.25, 0.3) is 0 Å². The van der Waals surface area contributed by atoms with E-state index in [1.807, 2.05) is 0 Å². The molecule has 0 aliphatic heterocycles. The fourth-order valence-corrected chi connectivity index (χ4v) is 1.85. The van der Waals surface area contributed by atoms with Gasteiger partial charge in [0.1, 0.15) is 5.56 Å². The van der Waals surface area contributed by atoms with Gasteiger partial charge in [0.25, 0.3) is 5.69 Å². The molecule has 0 spiro atoms. The Labute approximate surface area is 118 Å². The highest BCUT2D eigenvalue weighted by molar-refractivity contribution is 5.94. The Morgan fingerprint density at radius 2 is 2.14 bits per heavy atom. The lowest BCUT2D eigenvalue weighted by molar-refractivity contribution is -0.385. The van der Waals surface area contributed by atoms with Crippen molar-refractivity contribution in [1.82, 2.24) is 9.78 Å². The molecule has 2 N–H and O–H groups in total. The number of aryl methyl sites for hydroxylation is 2. The Hall–Kier alpha value is -2.97. The molecule has 0 fully saturated rings. The van der Waals surface area contributed by atoms with Crippen molar-refractivity contribution in [2.45, 2.75) is 6.92 Å². The standard InChI is InChI=1S/C12H11FN4O4/c1-6-10(5-16(2)15-6)14-9-3-7(12(18)19)11(17(20)21)4-8(9)13/h3-5,14H,1-2H3,(H,18,19). The predicted octanol–water partition coefficient (Wildman–Crippen LogP) is 2.22. The fraction of sp³-hybridized carbons (Fsp3) is 0.167. The zero-order valence-electron chi connectivity index (χ0n) is 11.1. The summed E-state index contributed by atoms with van der Waals surface area (Å²) < 4.78 is 15.4. The molecule has 0 unspecified atom stereocenters. The zero-order valence-corrected chi connectivity index (χ0v) is 11.1. The van der Waals surface area contributed by atoms with Crippen molar-refractivity contribution in [2.24, 2.45) is 7.05 Å². The van der Waals surface area contributed by atoms with E-state index >= 15 is 0 Å². The summed E-state index contributed by atoms with van der Waals surface area (Å²) in [5.74, 6) is -2.43. The van der Waals surface area contributed by atoms with Gasteiger partial charge in [0, 0.05) is 13.2 Å². The zero-order chi connectivity index (χ0) is 15.7. The Morgan fingerprint density at radius 3 is 2.62 bits per heavy atom. The number of nitro benzene ring substituents is 1. The maximum atomic E-state index is 13.9. The molecule has 0 saturated heterocycles. The van der Waals surface area contributed by atoms with E-state index < -0.39 is 28.0 Å². The van der Waals surface area contributed by atoms with Crippen molar-refractivity contribution in [3.63, 3.8) is 0 Å². The van der Waals surface area contributed by atoms with Crippen LogP contribution in [0.2, 0.25) is 0 Å². The second-order valence-electron chi connectivity index (χ2n) is 4.34. The van der Waals surface area contributed by atoms with E-state index in [1.54, 1.807) is 20.2 Å². The molecule has 0 radical (unpaired) electrons. The molecule has 2 aromatic rings. The monoisotopic (exact) mass is 294 g/mol. The Bertz CT molecular complexity index is 741. The molecule has 110 valence electrons. The summed E-state index contributed by atoms with van der Waals surface area (Å²) in [7, 11) is 1.67. The molecule has 0 aliphatic rings. The smallest absolute Gasteiger partial charge is 0.342 e. The number of hydrogen-bond acceptors (Lipinski definition) is 5. The first-order valence-electron chi connectivity index (χ1n) is 5.78. The van der Waals surface area contributed by atoms with E-state index in [0.29, 0.717) is 17.4 Å². The molecule has 0 saturated carbocycles. The Balaban J connectivity index is 2.50. The average molecular weight is 294 g/mol. The number of aromatic carboxylic acids is 1. The lowest BCUT2D eigenvalue weighted by atomic mass is 10.1. The normalized spacial score (nSPS) is 10.4. The summed E-state index contributed by atoms with van der Waals surface area (Å²) in [6, 6.07) is 1.47. The number of nitrogens with one attached hydrogen (secondary N) is 1. The molecule has 0 amide bonds. The molecule has 0 atom stereocenters. The number of nitrogens with zero attached hydrogens (tertiary/aromatic N) is 3. The summed E-state index contributed by atoms with van der Waals surface area (Å²) in [6.07, 6.45) is 1.58. The van der Waals surface area contributed by atoms with E-state index in [4.69, 9.17) is 5.11 Å². The first-order chi connectivity index (χ1) is 9.79. The maximum absolute atomic E-state index is 13.9. The van der Waals surface area contributed by atoms with Gasteiger partial charge in [-0.3, -0.25) is 14.8 Å². The van der Waals surface area contributed by atoms with Gasteiger partial charge < -0.3 is 10.4 Å². The van der Waals surface area contributed by atoms with E-state index in [-0.39, 0.29) is 5.69 Å². The molecule has 1 aromatic heterocycles. The highest BCUT2D eigenvalue weighted by atomic mass is 19.1.